The molecule has 0 amide bonds. The summed E-state index contributed by atoms with van der Waals surface area (Å²) in [6.45, 7) is 4.90. The van der Waals surface area contributed by atoms with E-state index in [9.17, 15) is 0 Å². The van der Waals surface area contributed by atoms with Crippen molar-refractivity contribution >= 4 is 11.8 Å². The van der Waals surface area contributed by atoms with Gasteiger partial charge in [0, 0.05) is 5.75 Å². The molecule has 56 valence electrons. The van der Waals surface area contributed by atoms with Crippen molar-refractivity contribution < 1.29 is 4.84 Å². The maximum atomic E-state index is 4.94. The van der Waals surface area contributed by atoms with E-state index in [0.717, 1.165) is 5.75 Å². The average molecular weight is 149 g/mol. The first-order valence-corrected chi connectivity index (χ1v) is 4.32. The zero-order chi connectivity index (χ0) is 7.33. The van der Waals surface area contributed by atoms with E-state index in [2.05, 4.69) is 24.9 Å². The highest BCUT2D eigenvalue weighted by Gasteiger charge is 2.16. The van der Waals surface area contributed by atoms with Crippen molar-refractivity contribution in [3.8, 4) is 0 Å². The highest BCUT2D eigenvalue weighted by atomic mass is 32.2. The van der Waals surface area contributed by atoms with Crippen LogP contribution in [0.3, 0.4) is 0 Å². The van der Waals surface area contributed by atoms with Gasteiger partial charge in [-0.2, -0.15) is 11.8 Å². The molecule has 0 aliphatic rings. The maximum Gasteiger partial charge on any atom is 0.0738 e. The van der Waals surface area contributed by atoms with Crippen molar-refractivity contribution in [2.24, 2.45) is 11.3 Å². The van der Waals surface area contributed by atoms with E-state index < -0.39 is 0 Å². The Labute approximate surface area is 61.1 Å². The SMILES string of the molecule is CSCC(C)(C)CON. The molecule has 0 aromatic rings. The standard InChI is InChI=1S/C6H15NOS/c1-6(2,4-8-7)5-9-3/h4-5,7H2,1-3H3. The summed E-state index contributed by atoms with van der Waals surface area (Å²) in [6, 6.07) is 0. The summed E-state index contributed by atoms with van der Waals surface area (Å²) < 4.78 is 0. The molecule has 0 aliphatic carbocycles. The van der Waals surface area contributed by atoms with Gasteiger partial charge >= 0.3 is 0 Å². The molecular formula is C6H15NOS. The molecule has 0 aromatic heterocycles. The van der Waals surface area contributed by atoms with Crippen LogP contribution in [0.1, 0.15) is 13.8 Å². The monoisotopic (exact) mass is 149 g/mol. The maximum absolute atomic E-state index is 4.94. The van der Waals surface area contributed by atoms with Crippen LogP contribution in [0.2, 0.25) is 0 Å². The van der Waals surface area contributed by atoms with Gasteiger partial charge in [0.05, 0.1) is 6.61 Å². The van der Waals surface area contributed by atoms with E-state index in [1.165, 1.54) is 0 Å². The van der Waals surface area contributed by atoms with E-state index in [1.54, 1.807) is 0 Å². The molecule has 0 radical (unpaired) electrons. The molecule has 0 aromatic carbocycles. The molecule has 0 heterocycles. The van der Waals surface area contributed by atoms with E-state index in [-0.39, 0.29) is 5.41 Å². The molecular weight excluding hydrogens is 134 g/mol. The topological polar surface area (TPSA) is 35.2 Å². The number of nitrogens with two attached hydrogens (primary N) is 1. The van der Waals surface area contributed by atoms with Gasteiger partial charge < -0.3 is 4.84 Å². The van der Waals surface area contributed by atoms with Crippen molar-refractivity contribution in [2.45, 2.75) is 13.8 Å². The third-order valence-electron chi connectivity index (χ3n) is 1.01. The van der Waals surface area contributed by atoms with Gasteiger partial charge in [-0.05, 0) is 11.7 Å². The zero-order valence-electron chi connectivity index (χ0n) is 6.31. The molecule has 2 N–H and O–H groups in total. The van der Waals surface area contributed by atoms with Crippen molar-refractivity contribution in [2.75, 3.05) is 18.6 Å². The molecule has 3 heteroatoms. The largest absolute Gasteiger partial charge is 0.304 e. The van der Waals surface area contributed by atoms with E-state index in [1.807, 2.05) is 11.8 Å². The molecule has 0 bridgehead atoms. The Hall–Kier alpha value is 0.270. The summed E-state index contributed by atoms with van der Waals surface area (Å²) >= 11 is 1.81. The number of thioether (sulfide) groups is 1. The molecule has 0 fully saturated rings. The molecule has 0 rings (SSSR count). The van der Waals surface area contributed by atoms with Gasteiger partial charge in [0.1, 0.15) is 0 Å². The lowest BCUT2D eigenvalue weighted by Gasteiger charge is -2.20. The van der Waals surface area contributed by atoms with Gasteiger partial charge in [0.25, 0.3) is 0 Å². The van der Waals surface area contributed by atoms with Crippen LogP contribution in [-0.2, 0) is 4.84 Å². The second-order valence-electron chi connectivity index (χ2n) is 2.91. The van der Waals surface area contributed by atoms with Crippen LogP contribution in [0, 0.1) is 5.41 Å². The van der Waals surface area contributed by atoms with Crippen LogP contribution >= 0.6 is 11.8 Å². The number of rotatable bonds is 4. The fourth-order valence-corrected chi connectivity index (χ4v) is 1.52. The quantitative estimate of drug-likeness (QED) is 0.611. The van der Waals surface area contributed by atoms with Crippen LogP contribution in [0.4, 0.5) is 0 Å². The van der Waals surface area contributed by atoms with E-state index in [0.29, 0.717) is 6.61 Å². The minimum atomic E-state index is 0.216. The van der Waals surface area contributed by atoms with Gasteiger partial charge in [-0.1, -0.05) is 13.8 Å². The molecule has 2 nitrogen and oxygen atoms in total. The highest BCUT2D eigenvalue weighted by Crippen LogP contribution is 2.19. The summed E-state index contributed by atoms with van der Waals surface area (Å²) in [7, 11) is 0. The van der Waals surface area contributed by atoms with E-state index >= 15 is 0 Å². The van der Waals surface area contributed by atoms with E-state index in [4.69, 9.17) is 5.90 Å². The molecule has 0 saturated carbocycles. The number of hydrogen-bond acceptors (Lipinski definition) is 3. The first kappa shape index (κ1) is 9.27. The molecule has 9 heavy (non-hydrogen) atoms. The Morgan fingerprint density at radius 2 is 2.11 bits per heavy atom. The lowest BCUT2D eigenvalue weighted by Crippen LogP contribution is -2.23. The molecule has 0 saturated heterocycles. The van der Waals surface area contributed by atoms with Gasteiger partial charge in [0.15, 0.2) is 0 Å². The van der Waals surface area contributed by atoms with Gasteiger partial charge in [-0.15, -0.1) is 0 Å². The van der Waals surface area contributed by atoms with Crippen LogP contribution in [0.25, 0.3) is 0 Å². The third kappa shape index (κ3) is 4.75. The predicted octanol–water partition coefficient (Wildman–Crippen LogP) is 1.27. The van der Waals surface area contributed by atoms with Crippen LogP contribution < -0.4 is 5.90 Å². The Kier molecular flexibility index (Phi) is 4.27. The molecule has 0 aliphatic heterocycles. The lowest BCUT2D eigenvalue weighted by atomic mass is 9.98. The minimum absolute atomic E-state index is 0.216. The van der Waals surface area contributed by atoms with Crippen LogP contribution in [0.5, 0.6) is 0 Å². The van der Waals surface area contributed by atoms with Crippen LogP contribution in [0.15, 0.2) is 0 Å². The number of hydrogen-bond donors (Lipinski definition) is 1. The Bertz CT molecular complexity index is 67.5. The second kappa shape index (κ2) is 4.14. The predicted molar refractivity (Wildman–Crippen MR) is 42.3 cm³/mol. The summed E-state index contributed by atoms with van der Waals surface area (Å²) in [4.78, 5) is 4.55. The molecule has 0 unspecified atom stereocenters. The smallest absolute Gasteiger partial charge is 0.0738 e. The Morgan fingerprint density at radius 1 is 1.56 bits per heavy atom. The zero-order valence-corrected chi connectivity index (χ0v) is 7.12. The fraction of sp³-hybridized carbons (Fsp3) is 1.00. The summed E-state index contributed by atoms with van der Waals surface area (Å²) in [6.07, 6.45) is 2.08. The Balaban J connectivity index is 3.43. The fourth-order valence-electron chi connectivity index (χ4n) is 0.658. The van der Waals surface area contributed by atoms with Gasteiger partial charge in [-0.25, -0.2) is 5.90 Å². The van der Waals surface area contributed by atoms with Crippen molar-refractivity contribution in [1.29, 1.82) is 0 Å². The summed E-state index contributed by atoms with van der Waals surface area (Å²) in [5.74, 6) is 6.02. The van der Waals surface area contributed by atoms with Crippen molar-refractivity contribution in [3.05, 3.63) is 0 Å². The van der Waals surface area contributed by atoms with Gasteiger partial charge in [-0.3, -0.25) is 0 Å². The average Bonchev–Trinajstić information content (AvgIpc) is 1.64. The first-order chi connectivity index (χ1) is 4.12. The van der Waals surface area contributed by atoms with Gasteiger partial charge in [0.2, 0.25) is 0 Å². The first-order valence-electron chi connectivity index (χ1n) is 2.93. The highest BCUT2D eigenvalue weighted by molar-refractivity contribution is 7.98. The van der Waals surface area contributed by atoms with Crippen molar-refractivity contribution in [3.63, 3.8) is 0 Å². The van der Waals surface area contributed by atoms with Crippen LogP contribution in [-0.4, -0.2) is 18.6 Å². The summed E-state index contributed by atoms with van der Waals surface area (Å²) in [5, 5.41) is 0. The van der Waals surface area contributed by atoms with Crippen molar-refractivity contribution in [1.82, 2.24) is 0 Å². The summed E-state index contributed by atoms with van der Waals surface area (Å²) in [5.41, 5.74) is 0.216. The second-order valence-corrected chi connectivity index (χ2v) is 3.77. The normalized spacial score (nSPS) is 12.0. The minimum Gasteiger partial charge on any atom is -0.304 e. The molecule has 0 atom stereocenters. The molecule has 0 spiro atoms. The lowest BCUT2D eigenvalue weighted by molar-refractivity contribution is 0.0744. The third-order valence-corrected chi connectivity index (χ3v) is 2.08. The Morgan fingerprint density at radius 3 is 2.44 bits per heavy atom.